The van der Waals surface area contributed by atoms with Crippen molar-refractivity contribution >= 4 is 7.12 Å². The van der Waals surface area contributed by atoms with Crippen LogP contribution in [0.25, 0.3) is 0 Å². The van der Waals surface area contributed by atoms with E-state index in [9.17, 15) is 0 Å². The molecule has 35 heavy (non-hydrogen) atoms. The fraction of sp³-hybridized carbons (Fsp3) is 0.806. The lowest BCUT2D eigenvalue weighted by Gasteiger charge is -2.61. The molecule has 4 heteroatoms. The smallest absolute Gasteiger partial charge is 0.399 e. The second-order valence-electron chi connectivity index (χ2n) is 13.9. The van der Waals surface area contributed by atoms with Gasteiger partial charge in [0.25, 0.3) is 0 Å². The first-order valence-corrected chi connectivity index (χ1v) is 14.9. The molecule has 7 rings (SSSR count). The van der Waals surface area contributed by atoms with E-state index in [1.54, 1.807) is 0 Å². The van der Waals surface area contributed by atoms with Crippen LogP contribution in [-0.2, 0) is 14.0 Å². The van der Waals surface area contributed by atoms with Crippen LogP contribution in [0.4, 0.5) is 0 Å². The summed E-state index contributed by atoms with van der Waals surface area (Å²) < 4.78 is 20.1. The van der Waals surface area contributed by atoms with Crippen LogP contribution < -0.4 is 0 Å². The van der Waals surface area contributed by atoms with E-state index in [1.165, 1.54) is 69.7 Å². The zero-order valence-electron chi connectivity index (χ0n) is 22.4. The molecule has 2 saturated heterocycles. The number of rotatable bonds is 1. The van der Waals surface area contributed by atoms with Gasteiger partial charge in [0.15, 0.2) is 0 Å². The van der Waals surface area contributed by atoms with Crippen LogP contribution in [0.5, 0.6) is 0 Å². The lowest BCUT2D eigenvalue weighted by atomic mass is 9.47. The average Bonchev–Trinajstić information content (AvgIpc) is 3.27. The largest absolute Gasteiger partial charge is 0.494 e. The third kappa shape index (κ3) is 3.21. The normalized spacial score (nSPS) is 49.3. The van der Waals surface area contributed by atoms with Crippen LogP contribution in [0.2, 0.25) is 0 Å². The first-order valence-electron chi connectivity index (χ1n) is 14.9. The zero-order valence-corrected chi connectivity index (χ0v) is 22.4. The van der Waals surface area contributed by atoms with E-state index in [0.29, 0.717) is 23.4 Å². The van der Waals surface area contributed by atoms with Crippen molar-refractivity contribution in [3.63, 3.8) is 0 Å². The van der Waals surface area contributed by atoms with Gasteiger partial charge in [0.2, 0.25) is 0 Å². The molecule has 5 fully saturated rings. The number of hydrogen-bond acceptors (Lipinski definition) is 3. The van der Waals surface area contributed by atoms with Crippen molar-refractivity contribution in [2.24, 2.45) is 40.9 Å². The molecule has 7 aliphatic rings. The Morgan fingerprint density at radius 3 is 2.31 bits per heavy atom. The first kappa shape index (κ1) is 23.3. The molecule has 0 aromatic carbocycles. The molecule has 1 spiro atoms. The molecule has 2 heterocycles. The summed E-state index contributed by atoms with van der Waals surface area (Å²) in [6, 6.07) is 0. The maximum Gasteiger partial charge on any atom is 0.494 e. The molecule has 9 unspecified atom stereocenters. The molecule has 0 N–H and O–H groups in total. The number of ether oxygens (including phenoxy) is 1. The molecule has 2 aliphatic heterocycles. The molecule has 0 aromatic rings. The molecule has 3 nitrogen and oxygen atoms in total. The molecule has 5 aliphatic carbocycles. The van der Waals surface area contributed by atoms with Crippen molar-refractivity contribution in [3.05, 3.63) is 35.9 Å². The van der Waals surface area contributed by atoms with Crippen molar-refractivity contribution in [3.8, 4) is 0 Å². The molecule has 0 aromatic heterocycles. The average molecular weight is 477 g/mol. The molecular weight excluding hydrogens is 431 g/mol. The third-order valence-corrected chi connectivity index (χ3v) is 12.0. The minimum Gasteiger partial charge on any atom is -0.399 e. The van der Waals surface area contributed by atoms with Crippen LogP contribution in [0.3, 0.4) is 0 Å². The van der Waals surface area contributed by atoms with Crippen LogP contribution in [0, 0.1) is 40.9 Å². The van der Waals surface area contributed by atoms with E-state index in [4.69, 9.17) is 14.0 Å². The SMILES string of the molecule is CC1(C)OB(C2=CC3C(C=C2)OC2CCCCC2C32C3CCC=CC3C3CCCCC32)OC1(C)C. The van der Waals surface area contributed by atoms with Gasteiger partial charge >= 0.3 is 7.12 Å². The summed E-state index contributed by atoms with van der Waals surface area (Å²) in [4.78, 5) is 0. The summed E-state index contributed by atoms with van der Waals surface area (Å²) in [5.74, 6) is 4.49. The molecular formula is C31H45BO3. The Morgan fingerprint density at radius 1 is 0.800 bits per heavy atom. The van der Waals surface area contributed by atoms with Crippen molar-refractivity contribution in [2.45, 2.75) is 115 Å². The van der Waals surface area contributed by atoms with Gasteiger partial charge in [-0.15, -0.1) is 0 Å². The van der Waals surface area contributed by atoms with Gasteiger partial charge in [0.05, 0.1) is 23.4 Å². The van der Waals surface area contributed by atoms with Crippen LogP contribution >= 0.6 is 0 Å². The molecule has 0 radical (unpaired) electrons. The van der Waals surface area contributed by atoms with Crippen LogP contribution in [0.15, 0.2) is 35.9 Å². The van der Waals surface area contributed by atoms with E-state index in [-0.39, 0.29) is 24.4 Å². The minimum absolute atomic E-state index is 0.216. The van der Waals surface area contributed by atoms with Gasteiger partial charge in [-0.05, 0) is 107 Å². The quantitative estimate of drug-likeness (QED) is 0.299. The maximum absolute atomic E-state index is 7.00. The number of fused-ring (bicyclic) bond motifs is 9. The summed E-state index contributed by atoms with van der Waals surface area (Å²) in [6.07, 6.45) is 26.9. The Bertz CT molecular complexity index is 933. The predicted molar refractivity (Wildman–Crippen MR) is 141 cm³/mol. The van der Waals surface area contributed by atoms with Gasteiger partial charge in [0, 0.05) is 5.92 Å². The zero-order chi connectivity index (χ0) is 24.0. The van der Waals surface area contributed by atoms with E-state index >= 15 is 0 Å². The van der Waals surface area contributed by atoms with Crippen molar-refractivity contribution in [1.82, 2.24) is 0 Å². The summed E-state index contributed by atoms with van der Waals surface area (Å²) in [5.41, 5.74) is 0.997. The van der Waals surface area contributed by atoms with Crippen molar-refractivity contribution in [2.75, 3.05) is 0 Å². The molecule has 0 amide bonds. The standard InChI is InChI=1S/C31H45BO3/c1-29(2)30(3,4)35-32(34-29)20-17-18-28-26(19-20)31(25-15-9-10-16-27(25)33-28)23-13-7-5-11-21(23)22-12-6-8-14-24(22)31/h5,11,17-19,21-28H,6-10,12-16H2,1-4H3. The van der Waals surface area contributed by atoms with Crippen molar-refractivity contribution < 1.29 is 14.0 Å². The lowest BCUT2D eigenvalue weighted by molar-refractivity contribution is -0.206. The van der Waals surface area contributed by atoms with E-state index in [1.807, 2.05) is 0 Å². The molecule has 0 bridgehead atoms. The summed E-state index contributed by atoms with van der Waals surface area (Å²) in [6.45, 7) is 8.68. The Hall–Kier alpha value is -0.835. The van der Waals surface area contributed by atoms with Crippen LogP contribution in [0.1, 0.15) is 91.9 Å². The van der Waals surface area contributed by atoms with Gasteiger partial charge in [-0.2, -0.15) is 0 Å². The van der Waals surface area contributed by atoms with Gasteiger partial charge in [0.1, 0.15) is 0 Å². The number of hydrogen-bond donors (Lipinski definition) is 0. The Morgan fingerprint density at radius 2 is 1.51 bits per heavy atom. The minimum atomic E-state index is -0.306. The van der Waals surface area contributed by atoms with Gasteiger partial charge in [-0.1, -0.05) is 56.1 Å². The third-order valence-electron chi connectivity index (χ3n) is 12.0. The van der Waals surface area contributed by atoms with Gasteiger partial charge in [-0.3, -0.25) is 0 Å². The highest BCUT2D eigenvalue weighted by Crippen LogP contribution is 2.72. The Balaban J connectivity index is 1.35. The van der Waals surface area contributed by atoms with E-state index in [0.717, 1.165) is 23.7 Å². The Kier molecular flexibility index (Phi) is 5.38. The van der Waals surface area contributed by atoms with E-state index < -0.39 is 0 Å². The Labute approximate surface area is 213 Å². The highest BCUT2D eigenvalue weighted by Gasteiger charge is 2.69. The molecule has 9 atom stereocenters. The van der Waals surface area contributed by atoms with E-state index in [2.05, 4.69) is 58.1 Å². The van der Waals surface area contributed by atoms with Crippen LogP contribution in [-0.4, -0.2) is 30.5 Å². The van der Waals surface area contributed by atoms with Gasteiger partial charge in [-0.25, -0.2) is 0 Å². The highest BCUT2D eigenvalue weighted by molar-refractivity contribution is 6.55. The second-order valence-corrected chi connectivity index (χ2v) is 13.9. The molecule has 3 saturated carbocycles. The summed E-state index contributed by atoms with van der Waals surface area (Å²) >= 11 is 0. The lowest BCUT2D eigenvalue weighted by Crippen LogP contribution is -2.60. The topological polar surface area (TPSA) is 27.7 Å². The van der Waals surface area contributed by atoms with Crippen molar-refractivity contribution in [1.29, 1.82) is 0 Å². The summed E-state index contributed by atoms with van der Waals surface area (Å²) in [5, 5.41) is 0. The molecule has 190 valence electrons. The fourth-order valence-electron chi connectivity index (χ4n) is 10.1. The van der Waals surface area contributed by atoms with Gasteiger partial charge < -0.3 is 14.0 Å². The maximum atomic E-state index is 7.00. The second kappa shape index (κ2) is 8.08. The fourth-order valence-corrected chi connectivity index (χ4v) is 10.1. The highest BCUT2D eigenvalue weighted by atomic mass is 16.7. The predicted octanol–water partition coefficient (Wildman–Crippen LogP) is 7.08. The summed E-state index contributed by atoms with van der Waals surface area (Å²) in [7, 11) is -0.274. The first-order chi connectivity index (χ1) is 16.8. The number of allylic oxidation sites excluding steroid dienone is 4. The monoisotopic (exact) mass is 476 g/mol.